The molecule has 1 fully saturated rings. The summed E-state index contributed by atoms with van der Waals surface area (Å²) in [6.45, 7) is 9.09. The molecule has 1 aliphatic heterocycles. The van der Waals surface area contributed by atoms with Gasteiger partial charge in [-0.25, -0.2) is 19.7 Å². The third kappa shape index (κ3) is 5.90. The highest BCUT2D eigenvalue weighted by atomic mass is 16.6. The highest BCUT2D eigenvalue weighted by Gasteiger charge is 2.27. The molecule has 28 heavy (non-hydrogen) atoms. The molecule has 0 saturated carbocycles. The molecular weight excluding hydrogens is 354 g/mol. The molecule has 0 aliphatic carbocycles. The predicted molar refractivity (Wildman–Crippen MR) is 109 cm³/mol. The highest BCUT2D eigenvalue weighted by Crippen LogP contribution is 2.23. The van der Waals surface area contributed by atoms with Crippen LogP contribution in [0.3, 0.4) is 0 Å². The number of amides is 1. The Morgan fingerprint density at radius 3 is 2.64 bits per heavy atom. The van der Waals surface area contributed by atoms with Gasteiger partial charge in [-0.3, -0.25) is 0 Å². The van der Waals surface area contributed by atoms with Crippen LogP contribution in [0.2, 0.25) is 0 Å². The van der Waals surface area contributed by atoms with Crippen molar-refractivity contribution in [2.45, 2.75) is 52.6 Å². The van der Waals surface area contributed by atoms with Crippen molar-refractivity contribution in [3.63, 3.8) is 0 Å². The molecule has 0 aromatic carbocycles. The fourth-order valence-electron chi connectivity index (χ4n) is 3.26. The third-order valence-corrected chi connectivity index (χ3v) is 4.63. The lowest BCUT2D eigenvalue weighted by molar-refractivity contribution is 0.0184. The van der Waals surface area contributed by atoms with Gasteiger partial charge in [0.2, 0.25) is 0 Å². The van der Waals surface area contributed by atoms with Crippen molar-refractivity contribution in [1.29, 1.82) is 0 Å². The molecule has 2 aromatic heterocycles. The summed E-state index contributed by atoms with van der Waals surface area (Å²) in [5.74, 6) is 2.02. The fraction of sp³-hybridized carbons (Fsp3) is 0.524. The van der Waals surface area contributed by atoms with Crippen molar-refractivity contribution >= 4 is 17.7 Å². The zero-order valence-electron chi connectivity index (χ0n) is 17.1. The lowest BCUT2D eigenvalue weighted by Gasteiger charge is -2.33. The standard InChI is InChI=1S/C21H29N5O2/c1-15-6-5-7-18(24-15)25-19-13-17(22-14-23-19)12-16-8-10-26(11-9-16)20(27)28-21(2,3)4/h5-7,13-14,16H,8-12H2,1-4H3,(H,22,23,24,25). The first-order chi connectivity index (χ1) is 13.3. The molecule has 2 aromatic rings. The highest BCUT2D eigenvalue weighted by molar-refractivity contribution is 5.68. The van der Waals surface area contributed by atoms with Gasteiger partial charge in [0.15, 0.2) is 0 Å². The Morgan fingerprint density at radius 2 is 1.96 bits per heavy atom. The second-order valence-electron chi connectivity index (χ2n) is 8.30. The molecule has 150 valence electrons. The number of ether oxygens (including phenoxy) is 1. The van der Waals surface area contributed by atoms with Crippen molar-refractivity contribution < 1.29 is 9.53 Å². The predicted octanol–water partition coefficient (Wildman–Crippen LogP) is 4.11. The Balaban J connectivity index is 1.53. The summed E-state index contributed by atoms with van der Waals surface area (Å²) >= 11 is 0. The lowest BCUT2D eigenvalue weighted by Crippen LogP contribution is -2.42. The summed E-state index contributed by atoms with van der Waals surface area (Å²) in [6, 6.07) is 7.82. The number of piperidine rings is 1. The number of aromatic nitrogens is 3. The van der Waals surface area contributed by atoms with Gasteiger partial charge in [0, 0.05) is 30.5 Å². The molecule has 7 heteroatoms. The SMILES string of the molecule is Cc1cccc(Nc2cc(CC3CCN(C(=O)OC(C)(C)C)CC3)ncn2)n1. The molecule has 3 heterocycles. The Hall–Kier alpha value is -2.70. The summed E-state index contributed by atoms with van der Waals surface area (Å²) in [6.07, 6.45) is 4.14. The molecule has 1 saturated heterocycles. The van der Waals surface area contributed by atoms with Crippen molar-refractivity contribution in [3.05, 3.63) is 42.0 Å². The van der Waals surface area contributed by atoms with Crippen molar-refractivity contribution in [3.8, 4) is 0 Å². The van der Waals surface area contributed by atoms with Gasteiger partial charge in [-0.05, 0) is 65.0 Å². The summed E-state index contributed by atoms with van der Waals surface area (Å²) in [7, 11) is 0. The van der Waals surface area contributed by atoms with Gasteiger partial charge in [0.25, 0.3) is 0 Å². The average Bonchev–Trinajstić information content (AvgIpc) is 2.61. The maximum Gasteiger partial charge on any atom is 0.410 e. The number of hydrogen-bond donors (Lipinski definition) is 1. The van der Waals surface area contributed by atoms with Crippen LogP contribution in [0.15, 0.2) is 30.6 Å². The normalized spacial score (nSPS) is 15.4. The van der Waals surface area contributed by atoms with Crippen molar-refractivity contribution in [2.75, 3.05) is 18.4 Å². The van der Waals surface area contributed by atoms with Crippen LogP contribution >= 0.6 is 0 Å². The van der Waals surface area contributed by atoms with E-state index in [2.05, 4.69) is 20.3 Å². The van der Waals surface area contributed by atoms with E-state index in [-0.39, 0.29) is 6.09 Å². The molecule has 1 amide bonds. The number of rotatable bonds is 4. The number of nitrogens with zero attached hydrogens (tertiary/aromatic N) is 4. The smallest absolute Gasteiger partial charge is 0.410 e. The van der Waals surface area contributed by atoms with Crippen molar-refractivity contribution in [2.24, 2.45) is 5.92 Å². The van der Waals surface area contributed by atoms with Gasteiger partial charge in [0.1, 0.15) is 23.6 Å². The fourth-order valence-corrected chi connectivity index (χ4v) is 3.26. The molecule has 0 radical (unpaired) electrons. The quantitative estimate of drug-likeness (QED) is 0.856. The number of nitrogens with one attached hydrogen (secondary N) is 1. The molecular formula is C21H29N5O2. The van der Waals surface area contributed by atoms with E-state index in [0.717, 1.165) is 55.4 Å². The third-order valence-electron chi connectivity index (χ3n) is 4.63. The minimum Gasteiger partial charge on any atom is -0.444 e. The molecule has 1 aliphatic rings. The van der Waals surface area contributed by atoms with Crippen LogP contribution in [0, 0.1) is 12.8 Å². The van der Waals surface area contributed by atoms with Gasteiger partial charge in [-0.15, -0.1) is 0 Å². The second kappa shape index (κ2) is 8.54. The van der Waals surface area contributed by atoms with Crippen LogP contribution in [0.4, 0.5) is 16.4 Å². The molecule has 1 N–H and O–H groups in total. The number of likely N-dealkylation sites (tertiary alicyclic amines) is 1. The Bertz CT molecular complexity index is 810. The first kappa shape index (κ1) is 20.0. The molecule has 0 bridgehead atoms. The number of carbonyl (C=O) groups excluding carboxylic acids is 1. The molecule has 0 atom stereocenters. The zero-order valence-corrected chi connectivity index (χ0v) is 17.1. The zero-order chi connectivity index (χ0) is 20.1. The van der Waals surface area contributed by atoms with Gasteiger partial charge >= 0.3 is 6.09 Å². The molecule has 3 rings (SSSR count). The minimum atomic E-state index is -0.454. The van der Waals surface area contributed by atoms with Gasteiger partial charge in [-0.2, -0.15) is 0 Å². The number of hydrogen-bond acceptors (Lipinski definition) is 6. The lowest BCUT2D eigenvalue weighted by atomic mass is 9.92. The van der Waals surface area contributed by atoms with Crippen LogP contribution in [0.5, 0.6) is 0 Å². The first-order valence-corrected chi connectivity index (χ1v) is 9.78. The number of carbonyl (C=O) groups is 1. The maximum absolute atomic E-state index is 12.2. The Kier molecular flexibility index (Phi) is 6.11. The summed E-state index contributed by atoms with van der Waals surface area (Å²) in [5.41, 5.74) is 1.50. The second-order valence-corrected chi connectivity index (χ2v) is 8.30. The van der Waals surface area contributed by atoms with E-state index in [1.54, 1.807) is 11.2 Å². The van der Waals surface area contributed by atoms with E-state index in [4.69, 9.17) is 4.74 Å². The van der Waals surface area contributed by atoms with E-state index in [0.29, 0.717) is 5.92 Å². The van der Waals surface area contributed by atoms with Gasteiger partial charge in [0.05, 0.1) is 0 Å². The maximum atomic E-state index is 12.2. The minimum absolute atomic E-state index is 0.217. The molecule has 0 spiro atoms. The van der Waals surface area contributed by atoms with E-state index < -0.39 is 5.60 Å². The van der Waals surface area contributed by atoms with E-state index in [9.17, 15) is 4.79 Å². The van der Waals surface area contributed by atoms with Gasteiger partial charge < -0.3 is 15.0 Å². The average molecular weight is 383 g/mol. The van der Waals surface area contributed by atoms with E-state index in [1.165, 1.54) is 0 Å². The first-order valence-electron chi connectivity index (χ1n) is 9.78. The number of pyridine rings is 1. The van der Waals surface area contributed by atoms with Crippen molar-refractivity contribution in [1.82, 2.24) is 19.9 Å². The summed E-state index contributed by atoms with van der Waals surface area (Å²) in [5, 5.41) is 3.23. The van der Waals surface area contributed by atoms with Crippen LogP contribution in [0.1, 0.15) is 45.0 Å². The van der Waals surface area contributed by atoms with E-state index >= 15 is 0 Å². The summed E-state index contributed by atoms with van der Waals surface area (Å²) in [4.78, 5) is 27.2. The summed E-state index contributed by atoms with van der Waals surface area (Å²) < 4.78 is 5.46. The number of aryl methyl sites for hydroxylation is 1. The monoisotopic (exact) mass is 383 g/mol. The van der Waals surface area contributed by atoms with Crippen LogP contribution < -0.4 is 5.32 Å². The molecule has 7 nitrogen and oxygen atoms in total. The van der Waals surface area contributed by atoms with Crippen LogP contribution in [-0.2, 0) is 11.2 Å². The topological polar surface area (TPSA) is 80.2 Å². The van der Waals surface area contributed by atoms with Crippen LogP contribution in [0.25, 0.3) is 0 Å². The Labute approximate surface area is 166 Å². The van der Waals surface area contributed by atoms with Gasteiger partial charge in [-0.1, -0.05) is 6.07 Å². The Morgan fingerprint density at radius 1 is 1.21 bits per heavy atom. The van der Waals surface area contributed by atoms with Crippen LogP contribution in [-0.4, -0.2) is 44.6 Å². The molecule has 0 unspecified atom stereocenters. The van der Waals surface area contributed by atoms with E-state index in [1.807, 2.05) is 52.0 Å². The number of anilines is 2. The largest absolute Gasteiger partial charge is 0.444 e.